The summed E-state index contributed by atoms with van der Waals surface area (Å²) in [5.41, 5.74) is 2.47. The molecule has 1 aromatic heterocycles. The van der Waals surface area contributed by atoms with Crippen molar-refractivity contribution in [2.75, 3.05) is 10.6 Å². The first-order valence-corrected chi connectivity index (χ1v) is 7.35. The van der Waals surface area contributed by atoms with E-state index in [0.29, 0.717) is 11.5 Å². The van der Waals surface area contributed by atoms with Crippen molar-refractivity contribution in [3.05, 3.63) is 51.2 Å². The average Bonchev–Trinajstić information content (AvgIpc) is 2.41. The number of carbonyl (C=O) groups excluding carboxylic acids is 2. The molecule has 2 aromatic rings. The number of nitrogens with zero attached hydrogens (tertiary/aromatic N) is 1. The number of aryl methyl sites for hydroxylation is 2. The van der Waals surface area contributed by atoms with Gasteiger partial charge in [-0.15, -0.1) is 0 Å². The minimum Gasteiger partial charge on any atom is -0.318 e. The van der Waals surface area contributed by atoms with E-state index in [-0.39, 0.29) is 0 Å². The van der Waals surface area contributed by atoms with Gasteiger partial charge in [-0.05, 0) is 77.9 Å². The molecule has 0 aliphatic carbocycles. The van der Waals surface area contributed by atoms with E-state index in [9.17, 15) is 9.59 Å². The molecule has 0 saturated carbocycles. The van der Waals surface area contributed by atoms with Crippen LogP contribution in [0.5, 0.6) is 0 Å². The minimum atomic E-state index is -0.744. The van der Waals surface area contributed by atoms with Crippen LogP contribution in [0, 0.1) is 17.4 Å². The molecular formula is C15H14IN3O2. The lowest BCUT2D eigenvalue weighted by Gasteiger charge is -2.09. The Hall–Kier alpha value is -1.96. The van der Waals surface area contributed by atoms with E-state index in [1.54, 1.807) is 18.3 Å². The molecule has 0 aliphatic rings. The quantitative estimate of drug-likeness (QED) is 0.607. The summed E-state index contributed by atoms with van der Waals surface area (Å²) < 4.78 is 1.07. The molecule has 0 unspecified atom stereocenters. The Morgan fingerprint density at radius 2 is 1.76 bits per heavy atom. The van der Waals surface area contributed by atoms with E-state index >= 15 is 0 Å². The molecular weight excluding hydrogens is 381 g/mol. The number of amides is 2. The number of aromatic nitrogens is 1. The Labute approximate surface area is 136 Å². The number of hydrogen-bond acceptors (Lipinski definition) is 3. The second kappa shape index (κ2) is 6.66. The van der Waals surface area contributed by atoms with E-state index in [4.69, 9.17) is 0 Å². The second-order valence-corrected chi connectivity index (χ2v) is 5.83. The maximum Gasteiger partial charge on any atom is 0.315 e. The van der Waals surface area contributed by atoms with Gasteiger partial charge in [0, 0.05) is 15.5 Å². The van der Waals surface area contributed by atoms with Gasteiger partial charge >= 0.3 is 11.8 Å². The average molecular weight is 395 g/mol. The molecule has 0 aliphatic heterocycles. The Balaban J connectivity index is 2.04. The highest BCUT2D eigenvalue weighted by molar-refractivity contribution is 14.1. The maximum atomic E-state index is 11.9. The zero-order valence-electron chi connectivity index (χ0n) is 11.6. The number of halogens is 1. The lowest BCUT2D eigenvalue weighted by Crippen LogP contribution is -2.29. The number of pyridine rings is 1. The second-order valence-electron chi connectivity index (χ2n) is 4.59. The van der Waals surface area contributed by atoms with Crippen molar-refractivity contribution >= 4 is 45.9 Å². The molecule has 1 heterocycles. The first-order chi connectivity index (χ1) is 9.95. The summed E-state index contributed by atoms with van der Waals surface area (Å²) in [7, 11) is 0. The molecule has 108 valence electrons. The minimum absolute atomic E-state index is 0.356. The van der Waals surface area contributed by atoms with Crippen molar-refractivity contribution in [1.82, 2.24) is 4.98 Å². The molecule has 0 bridgehead atoms. The van der Waals surface area contributed by atoms with Crippen LogP contribution in [0.3, 0.4) is 0 Å². The molecule has 0 radical (unpaired) electrons. The van der Waals surface area contributed by atoms with Crippen LogP contribution in [0.2, 0.25) is 0 Å². The van der Waals surface area contributed by atoms with Gasteiger partial charge < -0.3 is 10.6 Å². The standard InChI is InChI=1S/C15H14IN3O2/c1-9-5-6-17-13(7-9)19-15(21)14(20)18-12-4-3-11(16)8-10(12)2/h3-8H,1-2H3,(H,18,20)(H,17,19,21). The van der Waals surface area contributed by atoms with E-state index in [0.717, 1.165) is 14.7 Å². The number of rotatable bonds is 2. The van der Waals surface area contributed by atoms with Gasteiger partial charge in [0.25, 0.3) is 0 Å². The van der Waals surface area contributed by atoms with Crippen LogP contribution >= 0.6 is 22.6 Å². The van der Waals surface area contributed by atoms with Crippen molar-refractivity contribution in [3.63, 3.8) is 0 Å². The number of benzene rings is 1. The van der Waals surface area contributed by atoms with Crippen LogP contribution in [0.15, 0.2) is 36.5 Å². The fourth-order valence-corrected chi connectivity index (χ4v) is 2.37. The van der Waals surface area contributed by atoms with Crippen LogP contribution in [0.1, 0.15) is 11.1 Å². The van der Waals surface area contributed by atoms with Crippen LogP contribution < -0.4 is 10.6 Å². The summed E-state index contributed by atoms with van der Waals surface area (Å²) in [4.78, 5) is 27.7. The number of anilines is 2. The summed E-state index contributed by atoms with van der Waals surface area (Å²) in [6.07, 6.45) is 1.58. The van der Waals surface area contributed by atoms with Crippen LogP contribution in [-0.2, 0) is 9.59 Å². The van der Waals surface area contributed by atoms with Gasteiger partial charge in [-0.25, -0.2) is 4.98 Å². The molecule has 6 heteroatoms. The highest BCUT2D eigenvalue weighted by Gasteiger charge is 2.15. The predicted molar refractivity (Wildman–Crippen MR) is 90.1 cm³/mol. The molecule has 0 fully saturated rings. The van der Waals surface area contributed by atoms with Gasteiger partial charge in [-0.3, -0.25) is 9.59 Å². The Morgan fingerprint density at radius 1 is 1.05 bits per heavy atom. The van der Waals surface area contributed by atoms with Gasteiger partial charge in [-0.2, -0.15) is 0 Å². The van der Waals surface area contributed by atoms with Gasteiger partial charge in [0.05, 0.1) is 0 Å². The van der Waals surface area contributed by atoms with Gasteiger partial charge in [0.2, 0.25) is 0 Å². The van der Waals surface area contributed by atoms with Gasteiger partial charge in [0.1, 0.15) is 5.82 Å². The molecule has 0 spiro atoms. The largest absolute Gasteiger partial charge is 0.318 e. The summed E-state index contributed by atoms with van der Waals surface area (Å²) in [6.45, 7) is 3.75. The SMILES string of the molecule is Cc1ccnc(NC(=O)C(=O)Nc2ccc(I)cc2C)c1. The third-order valence-corrected chi connectivity index (χ3v) is 3.47. The van der Waals surface area contributed by atoms with Crippen LogP contribution in [0.4, 0.5) is 11.5 Å². The zero-order valence-corrected chi connectivity index (χ0v) is 13.8. The smallest absolute Gasteiger partial charge is 0.315 e. The molecule has 0 saturated heterocycles. The van der Waals surface area contributed by atoms with Crippen LogP contribution in [-0.4, -0.2) is 16.8 Å². The first kappa shape index (κ1) is 15.4. The Bertz CT molecular complexity index is 701. The molecule has 2 rings (SSSR count). The monoisotopic (exact) mass is 395 g/mol. The fourth-order valence-electron chi connectivity index (χ4n) is 1.72. The molecule has 1 aromatic carbocycles. The fraction of sp³-hybridized carbons (Fsp3) is 0.133. The molecule has 2 N–H and O–H groups in total. The summed E-state index contributed by atoms with van der Waals surface area (Å²) >= 11 is 2.19. The van der Waals surface area contributed by atoms with Crippen molar-refractivity contribution in [1.29, 1.82) is 0 Å². The third-order valence-electron chi connectivity index (χ3n) is 2.80. The Morgan fingerprint density at radius 3 is 2.43 bits per heavy atom. The lowest BCUT2D eigenvalue weighted by atomic mass is 10.2. The summed E-state index contributed by atoms with van der Waals surface area (Å²) in [6, 6.07) is 9.07. The number of nitrogens with one attached hydrogen (secondary N) is 2. The van der Waals surface area contributed by atoms with E-state index in [1.165, 1.54) is 0 Å². The maximum absolute atomic E-state index is 11.9. The number of hydrogen-bond donors (Lipinski definition) is 2. The predicted octanol–water partition coefficient (Wildman–Crippen LogP) is 2.88. The van der Waals surface area contributed by atoms with Crippen molar-refractivity contribution in [2.45, 2.75) is 13.8 Å². The third kappa shape index (κ3) is 4.25. The van der Waals surface area contributed by atoms with Crippen molar-refractivity contribution < 1.29 is 9.59 Å². The van der Waals surface area contributed by atoms with E-state index in [2.05, 4.69) is 38.2 Å². The molecule has 2 amide bonds. The molecule has 0 atom stereocenters. The zero-order chi connectivity index (χ0) is 15.4. The van der Waals surface area contributed by atoms with Crippen LogP contribution in [0.25, 0.3) is 0 Å². The van der Waals surface area contributed by atoms with E-state index in [1.807, 2.05) is 32.0 Å². The van der Waals surface area contributed by atoms with Gasteiger partial charge in [-0.1, -0.05) is 0 Å². The lowest BCUT2D eigenvalue weighted by molar-refractivity contribution is -0.133. The van der Waals surface area contributed by atoms with E-state index < -0.39 is 11.8 Å². The highest BCUT2D eigenvalue weighted by Crippen LogP contribution is 2.17. The topological polar surface area (TPSA) is 71.1 Å². The summed E-state index contributed by atoms with van der Waals surface area (Å²) in [5.74, 6) is -1.11. The summed E-state index contributed by atoms with van der Waals surface area (Å²) in [5, 5.41) is 5.06. The Kier molecular flexibility index (Phi) is 4.89. The highest BCUT2D eigenvalue weighted by atomic mass is 127. The number of carbonyl (C=O) groups is 2. The normalized spacial score (nSPS) is 10.0. The first-order valence-electron chi connectivity index (χ1n) is 6.27. The van der Waals surface area contributed by atoms with Crippen molar-refractivity contribution in [2.24, 2.45) is 0 Å². The van der Waals surface area contributed by atoms with Gasteiger partial charge in [0.15, 0.2) is 0 Å². The van der Waals surface area contributed by atoms with Crippen molar-refractivity contribution in [3.8, 4) is 0 Å². The molecule has 5 nitrogen and oxygen atoms in total. The molecule has 21 heavy (non-hydrogen) atoms.